The van der Waals surface area contributed by atoms with Crippen molar-refractivity contribution in [3.63, 3.8) is 0 Å². The molecular formula is C22H24N4. The second-order valence-electron chi connectivity index (χ2n) is 6.85. The van der Waals surface area contributed by atoms with Crippen LogP contribution >= 0.6 is 0 Å². The molecule has 3 aromatic rings. The number of para-hydroxylation sites is 1. The van der Waals surface area contributed by atoms with Gasteiger partial charge in [-0.15, -0.1) is 0 Å². The van der Waals surface area contributed by atoms with Crippen LogP contribution in [-0.4, -0.2) is 16.5 Å². The Balaban J connectivity index is 1.34. The number of fused-ring (bicyclic) bond motifs is 1. The number of hydrogen-bond acceptors (Lipinski definition) is 4. The third kappa shape index (κ3) is 3.75. The van der Waals surface area contributed by atoms with Crippen LogP contribution in [0.2, 0.25) is 0 Å². The summed E-state index contributed by atoms with van der Waals surface area (Å²) in [6, 6.07) is 17.8. The van der Waals surface area contributed by atoms with Crippen molar-refractivity contribution in [3.05, 3.63) is 89.5 Å². The minimum Gasteiger partial charge on any atom is -0.367 e. The summed E-state index contributed by atoms with van der Waals surface area (Å²) in [6.07, 6.45) is 6.40. The summed E-state index contributed by atoms with van der Waals surface area (Å²) in [5.74, 6) is 0. The van der Waals surface area contributed by atoms with Crippen LogP contribution in [0.4, 0.5) is 5.69 Å². The van der Waals surface area contributed by atoms with Crippen LogP contribution in [0.5, 0.6) is 0 Å². The zero-order valence-electron chi connectivity index (χ0n) is 15.1. The number of anilines is 1. The lowest BCUT2D eigenvalue weighted by Crippen LogP contribution is -2.20. The van der Waals surface area contributed by atoms with E-state index >= 15 is 0 Å². The summed E-state index contributed by atoms with van der Waals surface area (Å²) in [5.41, 5.74) is 6.46. The molecule has 1 aliphatic heterocycles. The van der Waals surface area contributed by atoms with Gasteiger partial charge in [0.1, 0.15) is 0 Å². The summed E-state index contributed by atoms with van der Waals surface area (Å²) >= 11 is 0. The maximum atomic E-state index is 4.35. The largest absolute Gasteiger partial charge is 0.367 e. The highest BCUT2D eigenvalue weighted by molar-refractivity contribution is 5.58. The Kier molecular flexibility index (Phi) is 4.93. The van der Waals surface area contributed by atoms with Crippen molar-refractivity contribution in [3.8, 4) is 0 Å². The standard InChI is InChI=1S/C22H24N4/c1-17(21-15-23-11-12-24-21)25-14-18-6-8-19(9-7-18)16-26-13-10-20-4-2-3-5-22(20)26/h2-9,11-12,15,17,25H,10,13-14,16H2,1H3. The van der Waals surface area contributed by atoms with Crippen LogP contribution in [0, 0.1) is 0 Å². The first-order valence-corrected chi connectivity index (χ1v) is 9.19. The fourth-order valence-corrected chi connectivity index (χ4v) is 3.46. The zero-order chi connectivity index (χ0) is 17.8. The summed E-state index contributed by atoms with van der Waals surface area (Å²) < 4.78 is 0. The first-order chi connectivity index (χ1) is 12.8. The van der Waals surface area contributed by atoms with E-state index in [1.165, 1.54) is 22.4 Å². The van der Waals surface area contributed by atoms with Gasteiger partial charge in [-0.05, 0) is 36.1 Å². The minimum atomic E-state index is 0.185. The molecule has 0 saturated carbocycles. The van der Waals surface area contributed by atoms with E-state index < -0.39 is 0 Å². The highest BCUT2D eigenvalue weighted by Gasteiger charge is 2.18. The Morgan fingerprint density at radius 1 is 1.04 bits per heavy atom. The Bertz CT molecular complexity index is 846. The Labute approximate surface area is 154 Å². The molecule has 0 radical (unpaired) electrons. The predicted octanol–water partition coefficient (Wildman–Crippen LogP) is 3.89. The van der Waals surface area contributed by atoms with Crippen LogP contribution in [0.25, 0.3) is 0 Å². The quantitative estimate of drug-likeness (QED) is 0.736. The molecule has 1 atom stereocenters. The average molecular weight is 344 g/mol. The number of nitrogens with zero attached hydrogens (tertiary/aromatic N) is 3. The van der Waals surface area contributed by atoms with Crippen molar-refractivity contribution in [1.29, 1.82) is 0 Å². The first-order valence-electron chi connectivity index (χ1n) is 9.19. The van der Waals surface area contributed by atoms with E-state index in [-0.39, 0.29) is 6.04 Å². The van der Waals surface area contributed by atoms with Crippen LogP contribution < -0.4 is 10.2 Å². The topological polar surface area (TPSA) is 41.0 Å². The average Bonchev–Trinajstić information content (AvgIpc) is 3.11. The molecule has 132 valence electrons. The molecule has 0 fully saturated rings. The van der Waals surface area contributed by atoms with Crippen LogP contribution in [0.1, 0.15) is 35.3 Å². The lowest BCUT2D eigenvalue weighted by atomic mass is 10.1. The van der Waals surface area contributed by atoms with Crippen LogP contribution in [0.3, 0.4) is 0 Å². The molecule has 1 aliphatic rings. The SMILES string of the molecule is CC(NCc1ccc(CN2CCc3ccccc32)cc1)c1cnccn1. The molecule has 4 heteroatoms. The summed E-state index contributed by atoms with van der Waals surface area (Å²) in [5, 5.41) is 3.51. The molecule has 1 N–H and O–H groups in total. The molecule has 4 nitrogen and oxygen atoms in total. The van der Waals surface area contributed by atoms with E-state index in [0.29, 0.717) is 0 Å². The molecule has 0 spiro atoms. The van der Waals surface area contributed by atoms with Gasteiger partial charge in [0.2, 0.25) is 0 Å². The minimum absolute atomic E-state index is 0.185. The number of nitrogens with one attached hydrogen (secondary N) is 1. The maximum Gasteiger partial charge on any atom is 0.0753 e. The van der Waals surface area contributed by atoms with Gasteiger partial charge < -0.3 is 10.2 Å². The van der Waals surface area contributed by atoms with Gasteiger partial charge in [0.05, 0.1) is 5.69 Å². The number of rotatable bonds is 6. The molecule has 1 unspecified atom stereocenters. The summed E-state index contributed by atoms with van der Waals surface area (Å²) in [6.45, 7) is 5.02. The van der Waals surface area contributed by atoms with E-state index in [2.05, 4.69) is 75.6 Å². The number of benzene rings is 2. The van der Waals surface area contributed by atoms with E-state index in [9.17, 15) is 0 Å². The fourth-order valence-electron chi connectivity index (χ4n) is 3.46. The zero-order valence-corrected chi connectivity index (χ0v) is 15.1. The highest BCUT2D eigenvalue weighted by atomic mass is 15.1. The molecule has 2 heterocycles. The molecule has 0 bridgehead atoms. The number of aromatic nitrogens is 2. The molecule has 2 aromatic carbocycles. The van der Waals surface area contributed by atoms with Gasteiger partial charge >= 0.3 is 0 Å². The smallest absolute Gasteiger partial charge is 0.0753 e. The van der Waals surface area contributed by atoms with Crippen molar-refractivity contribution in [2.45, 2.75) is 32.5 Å². The third-order valence-corrected chi connectivity index (χ3v) is 5.02. The van der Waals surface area contributed by atoms with Crippen molar-refractivity contribution in [1.82, 2.24) is 15.3 Å². The van der Waals surface area contributed by atoms with Crippen molar-refractivity contribution >= 4 is 5.69 Å². The van der Waals surface area contributed by atoms with E-state index in [4.69, 9.17) is 0 Å². The second kappa shape index (κ2) is 7.67. The van der Waals surface area contributed by atoms with Gasteiger partial charge in [0, 0.05) is 50.0 Å². The molecule has 1 aromatic heterocycles. The van der Waals surface area contributed by atoms with Gasteiger partial charge in [-0.25, -0.2) is 0 Å². The summed E-state index contributed by atoms with van der Waals surface area (Å²) in [4.78, 5) is 11.0. The van der Waals surface area contributed by atoms with Crippen LogP contribution in [-0.2, 0) is 19.5 Å². The monoisotopic (exact) mass is 344 g/mol. The van der Waals surface area contributed by atoms with Gasteiger partial charge in [-0.1, -0.05) is 42.5 Å². The Morgan fingerprint density at radius 3 is 2.65 bits per heavy atom. The summed E-state index contributed by atoms with van der Waals surface area (Å²) in [7, 11) is 0. The highest BCUT2D eigenvalue weighted by Crippen LogP contribution is 2.28. The van der Waals surface area contributed by atoms with Gasteiger partial charge in [0.25, 0.3) is 0 Å². The predicted molar refractivity (Wildman–Crippen MR) is 105 cm³/mol. The lowest BCUT2D eigenvalue weighted by Gasteiger charge is -2.19. The molecule has 0 saturated heterocycles. The normalized spacial score (nSPS) is 14.3. The maximum absolute atomic E-state index is 4.35. The van der Waals surface area contributed by atoms with Crippen LogP contribution in [0.15, 0.2) is 67.1 Å². The molecular weight excluding hydrogens is 320 g/mol. The second-order valence-corrected chi connectivity index (χ2v) is 6.85. The van der Waals surface area contributed by atoms with E-state index in [1.54, 1.807) is 12.4 Å². The van der Waals surface area contributed by atoms with Gasteiger partial charge in [0.15, 0.2) is 0 Å². The van der Waals surface area contributed by atoms with Gasteiger partial charge in [-0.2, -0.15) is 0 Å². The van der Waals surface area contributed by atoms with E-state index in [0.717, 1.165) is 31.7 Å². The molecule has 0 amide bonds. The van der Waals surface area contributed by atoms with Crippen molar-refractivity contribution in [2.24, 2.45) is 0 Å². The Morgan fingerprint density at radius 2 is 1.85 bits per heavy atom. The molecule has 26 heavy (non-hydrogen) atoms. The number of hydrogen-bond donors (Lipinski definition) is 1. The van der Waals surface area contributed by atoms with E-state index in [1.807, 2.05) is 6.20 Å². The lowest BCUT2D eigenvalue weighted by molar-refractivity contribution is 0.559. The first kappa shape index (κ1) is 16.7. The third-order valence-electron chi connectivity index (χ3n) is 5.02. The molecule has 0 aliphatic carbocycles. The Hall–Kier alpha value is -2.72. The van der Waals surface area contributed by atoms with Crippen molar-refractivity contribution < 1.29 is 0 Å². The fraction of sp³-hybridized carbons (Fsp3) is 0.273. The van der Waals surface area contributed by atoms with Crippen molar-refractivity contribution in [2.75, 3.05) is 11.4 Å². The van der Waals surface area contributed by atoms with Gasteiger partial charge in [-0.3, -0.25) is 9.97 Å². The molecule has 4 rings (SSSR count).